The van der Waals surface area contributed by atoms with Crippen molar-refractivity contribution in [3.8, 4) is 0 Å². The number of nitrogens with zero attached hydrogens (tertiary/aromatic N) is 2. The molecule has 3 rings (SSSR count). The first-order chi connectivity index (χ1) is 9.70. The number of hydrogen-bond donors (Lipinski definition) is 2. The maximum absolute atomic E-state index is 10.6. The van der Waals surface area contributed by atoms with Crippen molar-refractivity contribution in [1.29, 1.82) is 0 Å². The minimum atomic E-state index is -0.390. The number of fused-ring (bicyclic) bond motifs is 1. The number of aryl methyl sites for hydroxylation is 2. The summed E-state index contributed by atoms with van der Waals surface area (Å²) in [5.74, 6) is 1.35. The minimum Gasteiger partial charge on any atom is -0.388 e. The van der Waals surface area contributed by atoms with Gasteiger partial charge in [-0.3, -0.25) is 0 Å². The molecule has 2 N–H and O–H groups in total. The Bertz CT molecular complexity index is 599. The molecule has 2 aromatic rings. The van der Waals surface area contributed by atoms with Crippen LogP contribution >= 0.6 is 0 Å². The van der Waals surface area contributed by atoms with Gasteiger partial charge in [0.1, 0.15) is 5.82 Å². The fourth-order valence-electron chi connectivity index (χ4n) is 3.27. The predicted molar refractivity (Wildman–Crippen MR) is 80.7 cm³/mol. The molecule has 4 nitrogen and oxygen atoms in total. The first kappa shape index (κ1) is 13.6. The second kappa shape index (κ2) is 5.54. The van der Waals surface area contributed by atoms with Gasteiger partial charge in [-0.1, -0.05) is 6.07 Å². The average molecular weight is 273 g/mol. The zero-order chi connectivity index (χ0) is 14.1. The molecule has 1 fully saturated rings. The van der Waals surface area contributed by atoms with Crippen LogP contribution in [0.4, 0.5) is 0 Å². The van der Waals surface area contributed by atoms with Crippen LogP contribution in [0.25, 0.3) is 11.0 Å². The number of aliphatic hydroxyl groups is 1. The van der Waals surface area contributed by atoms with Gasteiger partial charge in [0.15, 0.2) is 0 Å². The van der Waals surface area contributed by atoms with Gasteiger partial charge in [0.2, 0.25) is 0 Å². The molecule has 1 saturated heterocycles. The molecule has 0 bridgehead atoms. The van der Waals surface area contributed by atoms with E-state index in [0.29, 0.717) is 5.92 Å². The van der Waals surface area contributed by atoms with Crippen LogP contribution in [0.3, 0.4) is 0 Å². The van der Waals surface area contributed by atoms with Crippen LogP contribution in [-0.4, -0.2) is 27.7 Å². The van der Waals surface area contributed by atoms with Gasteiger partial charge >= 0.3 is 0 Å². The van der Waals surface area contributed by atoms with Crippen molar-refractivity contribution < 1.29 is 5.11 Å². The maximum Gasteiger partial charge on any atom is 0.106 e. The summed E-state index contributed by atoms with van der Waals surface area (Å²) < 4.78 is 2.20. The lowest BCUT2D eigenvalue weighted by molar-refractivity contribution is 0.0923. The van der Waals surface area contributed by atoms with E-state index >= 15 is 0 Å². The van der Waals surface area contributed by atoms with Gasteiger partial charge in [-0.2, -0.15) is 0 Å². The Hall–Kier alpha value is -1.39. The molecule has 4 heteroatoms. The summed E-state index contributed by atoms with van der Waals surface area (Å²) in [7, 11) is 0. The highest BCUT2D eigenvalue weighted by molar-refractivity contribution is 5.77. The summed E-state index contributed by atoms with van der Waals surface area (Å²) in [6.45, 7) is 7.07. The summed E-state index contributed by atoms with van der Waals surface area (Å²) in [5, 5.41) is 13.9. The Morgan fingerprint density at radius 2 is 2.35 bits per heavy atom. The Kier molecular flexibility index (Phi) is 3.76. The molecule has 0 radical (unpaired) electrons. The standard InChI is InChI=1S/C16H23N3O/c1-3-19-11(2)18-14-9-12(6-7-15(14)19)16(20)13-5-4-8-17-10-13/h6-7,9,13,16-17,20H,3-5,8,10H2,1-2H3. The van der Waals surface area contributed by atoms with Crippen molar-refractivity contribution >= 4 is 11.0 Å². The van der Waals surface area contributed by atoms with Gasteiger partial charge in [-0.05, 0) is 50.9 Å². The number of aliphatic hydroxyl groups excluding tert-OH is 1. The predicted octanol–water partition coefficient (Wildman–Crippen LogP) is 2.40. The van der Waals surface area contributed by atoms with Crippen LogP contribution in [0, 0.1) is 12.8 Å². The Balaban J connectivity index is 1.92. The average Bonchev–Trinajstić information content (AvgIpc) is 2.81. The van der Waals surface area contributed by atoms with Crippen molar-refractivity contribution in [2.75, 3.05) is 13.1 Å². The third-order valence-electron chi connectivity index (χ3n) is 4.40. The molecule has 0 spiro atoms. The van der Waals surface area contributed by atoms with Crippen LogP contribution in [0.1, 0.15) is 37.3 Å². The van der Waals surface area contributed by atoms with E-state index in [4.69, 9.17) is 0 Å². The molecule has 0 aliphatic carbocycles. The number of rotatable bonds is 3. The van der Waals surface area contributed by atoms with Crippen LogP contribution in [0.5, 0.6) is 0 Å². The number of imidazole rings is 1. The van der Waals surface area contributed by atoms with Crippen LogP contribution in [-0.2, 0) is 6.54 Å². The quantitative estimate of drug-likeness (QED) is 0.903. The van der Waals surface area contributed by atoms with Gasteiger partial charge in [-0.15, -0.1) is 0 Å². The largest absolute Gasteiger partial charge is 0.388 e. The third-order valence-corrected chi connectivity index (χ3v) is 4.40. The first-order valence-corrected chi connectivity index (χ1v) is 7.56. The van der Waals surface area contributed by atoms with E-state index in [1.807, 2.05) is 13.0 Å². The molecule has 2 unspecified atom stereocenters. The van der Waals surface area contributed by atoms with Crippen LogP contribution in [0.2, 0.25) is 0 Å². The van der Waals surface area contributed by atoms with E-state index in [2.05, 4.69) is 33.9 Å². The van der Waals surface area contributed by atoms with Gasteiger partial charge in [0, 0.05) is 19.0 Å². The Morgan fingerprint density at radius 1 is 1.50 bits per heavy atom. The van der Waals surface area contributed by atoms with E-state index in [1.165, 1.54) is 0 Å². The number of benzene rings is 1. The number of hydrogen-bond acceptors (Lipinski definition) is 3. The van der Waals surface area contributed by atoms with Crippen LogP contribution in [0.15, 0.2) is 18.2 Å². The highest BCUT2D eigenvalue weighted by Crippen LogP contribution is 2.29. The van der Waals surface area contributed by atoms with Crippen molar-refractivity contribution in [3.63, 3.8) is 0 Å². The highest BCUT2D eigenvalue weighted by atomic mass is 16.3. The van der Waals surface area contributed by atoms with Gasteiger partial charge in [0.25, 0.3) is 0 Å². The highest BCUT2D eigenvalue weighted by Gasteiger charge is 2.23. The second-order valence-electron chi connectivity index (χ2n) is 5.70. The zero-order valence-electron chi connectivity index (χ0n) is 12.3. The molecule has 0 saturated carbocycles. The van der Waals surface area contributed by atoms with Crippen molar-refractivity contribution in [2.45, 2.75) is 39.3 Å². The lowest BCUT2D eigenvalue weighted by Gasteiger charge is -2.27. The first-order valence-electron chi connectivity index (χ1n) is 7.56. The summed E-state index contributed by atoms with van der Waals surface area (Å²) in [4.78, 5) is 4.61. The van der Waals surface area contributed by atoms with Gasteiger partial charge in [0.05, 0.1) is 17.1 Å². The number of piperidine rings is 1. The fraction of sp³-hybridized carbons (Fsp3) is 0.562. The zero-order valence-corrected chi connectivity index (χ0v) is 12.3. The van der Waals surface area contributed by atoms with Gasteiger partial charge < -0.3 is 15.0 Å². The minimum absolute atomic E-state index is 0.315. The van der Waals surface area contributed by atoms with Crippen LogP contribution < -0.4 is 5.32 Å². The van der Waals surface area contributed by atoms with Crippen molar-refractivity contribution in [2.24, 2.45) is 5.92 Å². The normalized spacial score (nSPS) is 21.2. The maximum atomic E-state index is 10.6. The summed E-state index contributed by atoms with van der Waals surface area (Å²) in [5.41, 5.74) is 3.14. The Morgan fingerprint density at radius 3 is 3.05 bits per heavy atom. The molecule has 1 aliphatic rings. The van der Waals surface area contributed by atoms with E-state index in [-0.39, 0.29) is 6.10 Å². The number of nitrogens with one attached hydrogen (secondary N) is 1. The molecule has 2 atom stereocenters. The SMILES string of the molecule is CCn1c(C)nc2cc(C(O)C3CCCNC3)ccc21. The molecule has 1 aliphatic heterocycles. The molecule has 2 heterocycles. The monoisotopic (exact) mass is 273 g/mol. The van der Waals surface area contributed by atoms with E-state index < -0.39 is 0 Å². The molecular formula is C16H23N3O. The second-order valence-corrected chi connectivity index (χ2v) is 5.70. The molecule has 1 aromatic carbocycles. The van der Waals surface area contributed by atoms with Gasteiger partial charge in [-0.25, -0.2) is 4.98 Å². The van der Waals surface area contributed by atoms with E-state index in [9.17, 15) is 5.11 Å². The smallest absolute Gasteiger partial charge is 0.106 e. The molecular weight excluding hydrogens is 250 g/mol. The molecule has 1 aromatic heterocycles. The number of aromatic nitrogens is 2. The lowest BCUT2D eigenvalue weighted by atomic mass is 9.89. The molecule has 108 valence electrons. The fourth-order valence-corrected chi connectivity index (χ4v) is 3.27. The summed E-state index contributed by atoms with van der Waals surface area (Å²) in [6, 6.07) is 6.19. The molecule has 20 heavy (non-hydrogen) atoms. The topological polar surface area (TPSA) is 50.1 Å². The summed E-state index contributed by atoms with van der Waals surface area (Å²) in [6.07, 6.45) is 1.85. The van der Waals surface area contributed by atoms with Crippen molar-refractivity contribution in [3.05, 3.63) is 29.6 Å². The van der Waals surface area contributed by atoms with E-state index in [0.717, 1.165) is 54.9 Å². The molecule has 0 amide bonds. The van der Waals surface area contributed by atoms with Crippen molar-refractivity contribution in [1.82, 2.24) is 14.9 Å². The summed E-state index contributed by atoms with van der Waals surface area (Å²) >= 11 is 0. The third kappa shape index (κ3) is 2.34. The lowest BCUT2D eigenvalue weighted by Crippen LogP contribution is -2.33. The Labute approximate surface area is 119 Å². The van der Waals surface area contributed by atoms with E-state index in [1.54, 1.807) is 0 Å².